The zero-order chi connectivity index (χ0) is 32.7. The standard InChI is InChI=1S/C12H21NO3.C10H18O5.C8H15NO2/c1-9(14)10-5-7-13(8-6-10)11(15)16-12(2,3)4;1-9(2,3)14-7(11)13-8(12)15-10(4,5)6;1-2-11-8(10)7-3-5-9-6-4-7/h10H,5-8H2,1-4H3;1-6H3;7,9H,2-6H2,1H3. The lowest BCUT2D eigenvalue weighted by Gasteiger charge is -2.32. The third kappa shape index (κ3) is 20.1. The molecule has 42 heavy (non-hydrogen) atoms. The number of nitrogens with one attached hydrogen (secondary N) is 1. The number of esters is 1. The highest BCUT2D eigenvalue weighted by molar-refractivity contribution is 5.79. The number of rotatable bonds is 3. The van der Waals surface area contributed by atoms with E-state index in [9.17, 15) is 24.0 Å². The van der Waals surface area contributed by atoms with E-state index < -0.39 is 29.1 Å². The maximum atomic E-state index is 11.7. The molecule has 2 aliphatic rings. The topological polar surface area (TPSA) is 147 Å². The van der Waals surface area contributed by atoms with Gasteiger partial charge in [0.05, 0.1) is 12.5 Å². The molecule has 2 aliphatic heterocycles. The van der Waals surface area contributed by atoms with E-state index in [1.807, 2.05) is 27.7 Å². The van der Waals surface area contributed by atoms with Gasteiger partial charge in [-0.25, -0.2) is 14.4 Å². The summed E-state index contributed by atoms with van der Waals surface area (Å²) in [7, 11) is 0. The molecular formula is C30H54N2O10. The van der Waals surface area contributed by atoms with Crippen LogP contribution in [0.1, 0.15) is 102 Å². The van der Waals surface area contributed by atoms with E-state index >= 15 is 0 Å². The summed E-state index contributed by atoms with van der Waals surface area (Å²) in [6.07, 6.45) is 0.990. The van der Waals surface area contributed by atoms with Crippen LogP contribution in [0.4, 0.5) is 14.4 Å². The number of likely N-dealkylation sites (tertiary alicyclic amines) is 1. The Morgan fingerprint density at radius 3 is 1.48 bits per heavy atom. The number of amides is 1. The molecule has 0 radical (unpaired) electrons. The third-order valence-electron chi connectivity index (χ3n) is 5.63. The summed E-state index contributed by atoms with van der Waals surface area (Å²) in [5, 5.41) is 3.20. The van der Waals surface area contributed by atoms with Crippen LogP contribution in [0.5, 0.6) is 0 Å². The van der Waals surface area contributed by atoms with Gasteiger partial charge in [-0.1, -0.05) is 0 Å². The van der Waals surface area contributed by atoms with Crippen molar-refractivity contribution in [2.75, 3.05) is 32.8 Å². The molecule has 0 aromatic heterocycles. The van der Waals surface area contributed by atoms with Gasteiger partial charge in [-0.15, -0.1) is 0 Å². The first-order valence-electron chi connectivity index (χ1n) is 14.6. The van der Waals surface area contributed by atoms with Crippen LogP contribution < -0.4 is 5.32 Å². The first-order chi connectivity index (χ1) is 19.1. The van der Waals surface area contributed by atoms with E-state index in [0.29, 0.717) is 19.7 Å². The molecule has 0 aromatic carbocycles. The number of hydrogen-bond donors (Lipinski definition) is 1. The summed E-state index contributed by atoms with van der Waals surface area (Å²) in [5.41, 5.74) is -1.84. The first kappa shape index (κ1) is 39.1. The summed E-state index contributed by atoms with van der Waals surface area (Å²) in [6, 6.07) is 0. The number of ketones is 1. The molecule has 0 saturated carbocycles. The van der Waals surface area contributed by atoms with Crippen molar-refractivity contribution in [1.82, 2.24) is 10.2 Å². The Balaban J connectivity index is 0.000000610. The molecule has 2 rings (SSSR count). The van der Waals surface area contributed by atoms with E-state index in [0.717, 1.165) is 38.8 Å². The Kier molecular flexibility index (Phi) is 16.7. The minimum atomic E-state index is -1.06. The first-order valence-corrected chi connectivity index (χ1v) is 14.6. The van der Waals surface area contributed by atoms with Gasteiger partial charge in [0.15, 0.2) is 0 Å². The number of hydrogen-bond acceptors (Lipinski definition) is 11. The van der Waals surface area contributed by atoms with Crippen LogP contribution in [0.25, 0.3) is 0 Å². The monoisotopic (exact) mass is 602 g/mol. The number of carbonyl (C=O) groups excluding carboxylic acids is 5. The van der Waals surface area contributed by atoms with E-state index in [4.69, 9.17) is 18.9 Å². The molecule has 0 atom stereocenters. The highest BCUT2D eigenvalue weighted by atomic mass is 16.8. The fourth-order valence-corrected chi connectivity index (χ4v) is 3.72. The minimum absolute atomic E-state index is 0.0194. The summed E-state index contributed by atoms with van der Waals surface area (Å²) in [6.45, 7) is 22.7. The second-order valence-electron chi connectivity index (χ2n) is 13.2. The van der Waals surface area contributed by atoms with Crippen LogP contribution in [0.3, 0.4) is 0 Å². The van der Waals surface area contributed by atoms with Crippen molar-refractivity contribution in [3.8, 4) is 0 Å². The third-order valence-corrected chi connectivity index (χ3v) is 5.63. The molecule has 0 spiro atoms. The van der Waals surface area contributed by atoms with E-state index in [1.165, 1.54) is 0 Å². The lowest BCUT2D eigenvalue weighted by molar-refractivity contribution is -0.148. The highest BCUT2D eigenvalue weighted by Crippen LogP contribution is 2.20. The van der Waals surface area contributed by atoms with Crippen LogP contribution in [-0.2, 0) is 33.3 Å². The van der Waals surface area contributed by atoms with Gasteiger partial charge in [0.2, 0.25) is 0 Å². The number of Topliss-reactive ketones (excluding diaryl/α,β-unsaturated/α-hetero) is 1. The number of nitrogens with zero attached hydrogens (tertiary/aromatic N) is 1. The molecule has 1 amide bonds. The summed E-state index contributed by atoms with van der Waals surface area (Å²) in [5.74, 6) is 0.479. The van der Waals surface area contributed by atoms with Crippen molar-refractivity contribution in [1.29, 1.82) is 0 Å². The second kappa shape index (κ2) is 17.9. The fourth-order valence-electron chi connectivity index (χ4n) is 3.72. The van der Waals surface area contributed by atoms with E-state index in [1.54, 1.807) is 53.4 Å². The quantitative estimate of drug-likeness (QED) is 0.243. The Morgan fingerprint density at radius 1 is 0.690 bits per heavy atom. The number of piperidine rings is 2. The summed E-state index contributed by atoms with van der Waals surface area (Å²) < 4.78 is 24.0. The summed E-state index contributed by atoms with van der Waals surface area (Å²) >= 11 is 0. The average Bonchev–Trinajstić information content (AvgIpc) is 2.82. The molecule has 244 valence electrons. The van der Waals surface area contributed by atoms with Gasteiger partial charge >= 0.3 is 24.4 Å². The van der Waals surface area contributed by atoms with Gasteiger partial charge in [-0.3, -0.25) is 9.59 Å². The predicted molar refractivity (Wildman–Crippen MR) is 157 cm³/mol. The molecule has 0 bridgehead atoms. The Hall–Kier alpha value is -2.89. The second-order valence-corrected chi connectivity index (χ2v) is 13.2. The van der Waals surface area contributed by atoms with Crippen LogP contribution in [-0.4, -0.2) is 84.6 Å². The summed E-state index contributed by atoms with van der Waals surface area (Å²) in [4.78, 5) is 57.7. The Bertz CT molecular complexity index is 844. The molecule has 12 nitrogen and oxygen atoms in total. The lowest BCUT2D eigenvalue weighted by Crippen LogP contribution is -2.42. The van der Waals surface area contributed by atoms with Gasteiger partial charge in [-0.05, 0) is 115 Å². The van der Waals surface area contributed by atoms with Crippen molar-refractivity contribution >= 4 is 30.2 Å². The fraction of sp³-hybridized carbons (Fsp3) is 0.833. The predicted octanol–water partition coefficient (Wildman–Crippen LogP) is 5.64. The van der Waals surface area contributed by atoms with Crippen LogP contribution in [0.15, 0.2) is 0 Å². The van der Waals surface area contributed by atoms with Gasteiger partial charge < -0.3 is 33.9 Å². The van der Waals surface area contributed by atoms with Crippen molar-refractivity contribution in [2.45, 2.75) is 119 Å². The van der Waals surface area contributed by atoms with Crippen LogP contribution >= 0.6 is 0 Å². The van der Waals surface area contributed by atoms with Crippen LogP contribution in [0, 0.1) is 11.8 Å². The van der Waals surface area contributed by atoms with Gasteiger partial charge in [0.1, 0.15) is 22.6 Å². The van der Waals surface area contributed by atoms with Crippen molar-refractivity contribution in [2.24, 2.45) is 11.8 Å². The molecule has 0 aliphatic carbocycles. The van der Waals surface area contributed by atoms with Gasteiger partial charge in [0, 0.05) is 19.0 Å². The van der Waals surface area contributed by atoms with Crippen molar-refractivity contribution in [3.63, 3.8) is 0 Å². The molecule has 1 N–H and O–H groups in total. The largest absolute Gasteiger partial charge is 0.519 e. The highest BCUT2D eigenvalue weighted by Gasteiger charge is 2.28. The maximum absolute atomic E-state index is 11.7. The van der Waals surface area contributed by atoms with E-state index in [-0.39, 0.29) is 29.7 Å². The molecule has 0 unspecified atom stereocenters. The molecule has 2 saturated heterocycles. The molecule has 12 heteroatoms. The molecule has 2 heterocycles. The van der Waals surface area contributed by atoms with Gasteiger partial charge in [-0.2, -0.15) is 0 Å². The van der Waals surface area contributed by atoms with Crippen molar-refractivity contribution < 1.29 is 47.7 Å². The smallest absolute Gasteiger partial charge is 0.466 e. The Morgan fingerprint density at radius 2 is 1.12 bits per heavy atom. The maximum Gasteiger partial charge on any atom is 0.519 e. The minimum Gasteiger partial charge on any atom is -0.466 e. The average molecular weight is 603 g/mol. The molecule has 2 fully saturated rings. The van der Waals surface area contributed by atoms with E-state index in [2.05, 4.69) is 10.1 Å². The zero-order valence-electron chi connectivity index (χ0n) is 27.5. The number of carbonyl (C=O) groups is 5. The normalized spacial score (nSPS) is 16.4. The Labute approximate surface area is 251 Å². The lowest BCUT2D eigenvalue weighted by atomic mass is 9.94. The van der Waals surface area contributed by atoms with Crippen molar-refractivity contribution in [3.05, 3.63) is 0 Å². The SMILES string of the molecule is CC(=O)C1CCN(C(=O)OC(C)(C)C)CC1.CC(C)(C)OC(=O)OC(=O)OC(C)(C)C.CCOC(=O)C1CCNCC1. The van der Waals surface area contributed by atoms with Gasteiger partial charge in [0.25, 0.3) is 0 Å². The zero-order valence-corrected chi connectivity index (χ0v) is 27.5. The molecule has 0 aromatic rings. The number of ether oxygens (including phenoxy) is 5. The molecular weight excluding hydrogens is 548 g/mol. The van der Waals surface area contributed by atoms with Crippen LogP contribution in [0.2, 0.25) is 0 Å².